The van der Waals surface area contributed by atoms with Crippen molar-refractivity contribution in [1.82, 2.24) is 0 Å². The van der Waals surface area contributed by atoms with Gasteiger partial charge in [0.2, 0.25) is 0 Å². The SMILES string of the molecule is CCCCCCCCCCCCCCCOC(=O)CCCCCC(=O)OCC(CC)CCCC. The lowest BCUT2D eigenvalue weighted by Gasteiger charge is -2.14. The van der Waals surface area contributed by atoms with Gasteiger partial charge in [0, 0.05) is 12.8 Å². The van der Waals surface area contributed by atoms with E-state index in [1.807, 2.05) is 0 Å². The summed E-state index contributed by atoms with van der Waals surface area (Å²) >= 11 is 0. The summed E-state index contributed by atoms with van der Waals surface area (Å²) in [4.78, 5) is 23.7. The van der Waals surface area contributed by atoms with E-state index in [1.54, 1.807) is 0 Å². The van der Waals surface area contributed by atoms with Crippen LogP contribution < -0.4 is 0 Å². The summed E-state index contributed by atoms with van der Waals surface area (Å²) in [6.07, 6.45) is 25.1. The van der Waals surface area contributed by atoms with Gasteiger partial charge in [0.25, 0.3) is 0 Å². The number of carbonyl (C=O) groups is 2. The topological polar surface area (TPSA) is 52.6 Å². The Balaban J connectivity index is 3.37. The van der Waals surface area contributed by atoms with Crippen molar-refractivity contribution >= 4 is 11.9 Å². The van der Waals surface area contributed by atoms with Crippen molar-refractivity contribution in [3.8, 4) is 0 Å². The molecule has 4 nitrogen and oxygen atoms in total. The number of esters is 2. The van der Waals surface area contributed by atoms with E-state index in [0.717, 1.165) is 44.9 Å². The van der Waals surface area contributed by atoms with Crippen LogP contribution in [0.2, 0.25) is 0 Å². The van der Waals surface area contributed by atoms with Gasteiger partial charge in [-0.1, -0.05) is 124 Å². The second-order valence-corrected chi connectivity index (χ2v) is 10.1. The van der Waals surface area contributed by atoms with Crippen molar-refractivity contribution in [2.24, 2.45) is 5.92 Å². The normalized spacial score (nSPS) is 12.0. The number of ether oxygens (including phenoxy) is 2. The number of rotatable bonds is 26. The molecule has 0 aromatic heterocycles. The fraction of sp³-hybridized carbons (Fsp3) is 0.933. The largest absolute Gasteiger partial charge is 0.466 e. The Bertz CT molecular complexity index is 449. The second kappa shape index (κ2) is 26.5. The lowest BCUT2D eigenvalue weighted by atomic mass is 10.0. The molecular weight excluding hydrogens is 424 g/mol. The van der Waals surface area contributed by atoms with E-state index in [-0.39, 0.29) is 11.9 Å². The molecule has 0 heterocycles. The number of hydrogen-bond donors (Lipinski definition) is 0. The van der Waals surface area contributed by atoms with Crippen molar-refractivity contribution in [3.63, 3.8) is 0 Å². The summed E-state index contributed by atoms with van der Waals surface area (Å²) in [5.41, 5.74) is 0. The number of carbonyl (C=O) groups excluding carboxylic acids is 2. The first-order valence-corrected chi connectivity index (χ1v) is 14.9. The smallest absolute Gasteiger partial charge is 0.305 e. The van der Waals surface area contributed by atoms with Crippen LogP contribution in [0.4, 0.5) is 0 Å². The molecule has 0 spiro atoms. The first-order valence-electron chi connectivity index (χ1n) is 14.9. The molecule has 0 rings (SSSR count). The maximum atomic E-state index is 11.9. The average Bonchev–Trinajstić information content (AvgIpc) is 2.84. The van der Waals surface area contributed by atoms with Crippen LogP contribution in [-0.4, -0.2) is 25.2 Å². The molecule has 34 heavy (non-hydrogen) atoms. The van der Waals surface area contributed by atoms with E-state index >= 15 is 0 Å². The highest BCUT2D eigenvalue weighted by Gasteiger charge is 2.10. The third kappa shape index (κ3) is 24.1. The first-order chi connectivity index (χ1) is 16.6. The molecule has 0 bridgehead atoms. The summed E-state index contributed by atoms with van der Waals surface area (Å²) in [6, 6.07) is 0. The van der Waals surface area contributed by atoms with Gasteiger partial charge in [-0.05, 0) is 31.6 Å². The predicted octanol–water partition coefficient (Wildman–Crippen LogP) is 9.33. The minimum absolute atomic E-state index is 0.0942. The molecule has 0 amide bonds. The minimum atomic E-state index is -0.0973. The van der Waals surface area contributed by atoms with Gasteiger partial charge in [-0.2, -0.15) is 0 Å². The summed E-state index contributed by atoms with van der Waals surface area (Å²) in [5, 5.41) is 0. The molecule has 0 saturated carbocycles. The molecule has 0 aromatic rings. The quantitative estimate of drug-likeness (QED) is 0.0910. The van der Waals surface area contributed by atoms with Gasteiger partial charge in [0.15, 0.2) is 0 Å². The molecule has 1 atom stereocenters. The Morgan fingerprint density at radius 2 is 0.971 bits per heavy atom. The van der Waals surface area contributed by atoms with Crippen molar-refractivity contribution in [3.05, 3.63) is 0 Å². The zero-order valence-corrected chi connectivity index (χ0v) is 23.2. The summed E-state index contributed by atoms with van der Waals surface area (Å²) < 4.78 is 10.8. The van der Waals surface area contributed by atoms with Crippen molar-refractivity contribution in [2.75, 3.05) is 13.2 Å². The fourth-order valence-corrected chi connectivity index (χ4v) is 4.27. The Kier molecular flexibility index (Phi) is 25.7. The highest BCUT2D eigenvalue weighted by atomic mass is 16.5. The summed E-state index contributed by atoms with van der Waals surface area (Å²) in [5.74, 6) is 0.303. The lowest BCUT2D eigenvalue weighted by molar-refractivity contribution is -0.145. The Labute approximate surface area is 212 Å². The molecule has 4 heteroatoms. The van der Waals surface area contributed by atoms with Gasteiger partial charge in [-0.15, -0.1) is 0 Å². The molecule has 0 aliphatic heterocycles. The molecule has 0 saturated heterocycles. The second-order valence-electron chi connectivity index (χ2n) is 10.1. The van der Waals surface area contributed by atoms with Crippen molar-refractivity contribution in [2.45, 2.75) is 162 Å². The average molecular weight is 483 g/mol. The Morgan fingerprint density at radius 1 is 0.529 bits per heavy atom. The highest BCUT2D eigenvalue weighted by molar-refractivity contribution is 5.69. The molecule has 0 fully saturated rings. The van der Waals surface area contributed by atoms with Gasteiger partial charge in [-0.3, -0.25) is 9.59 Å². The fourth-order valence-electron chi connectivity index (χ4n) is 4.27. The van der Waals surface area contributed by atoms with E-state index in [1.165, 1.54) is 83.5 Å². The standard InChI is InChI=1S/C30H58O4/c1-4-7-9-10-11-12-13-14-15-16-17-18-22-26-33-29(31)24-20-19-21-25-30(32)34-27-28(6-3)23-8-5-2/h28H,4-27H2,1-3H3. The van der Waals surface area contributed by atoms with Crippen LogP contribution in [0.1, 0.15) is 162 Å². The maximum absolute atomic E-state index is 11.9. The van der Waals surface area contributed by atoms with Gasteiger partial charge in [0.1, 0.15) is 0 Å². The van der Waals surface area contributed by atoms with Gasteiger partial charge in [-0.25, -0.2) is 0 Å². The third-order valence-corrected chi connectivity index (χ3v) is 6.80. The summed E-state index contributed by atoms with van der Waals surface area (Å²) in [6.45, 7) is 7.73. The number of unbranched alkanes of at least 4 members (excludes halogenated alkanes) is 15. The third-order valence-electron chi connectivity index (χ3n) is 6.80. The summed E-state index contributed by atoms with van der Waals surface area (Å²) in [7, 11) is 0. The van der Waals surface area contributed by atoms with Crippen LogP contribution in [0.5, 0.6) is 0 Å². The highest BCUT2D eigenvalue weighted by Crippen LogP contribution is 2.14. The Morgan fingerprint density at radius 3 is 1.47 bits per heavy atom. The van der Waals surface area contributed by atoms with E-state index in [0.29, 0.717) is 32.0 Å². The van der Waals surface area contributed by atoms with Crippen LogP contribution >= 0.6 is 0 Å². The molecule has 0 N–H and O–H groups in total. The van der Waals surface area contributed by atoms with Crippen LogP contribution in [0, 0.1) is 5.92 Å². The molecule has 0 radical (unpaired) electrons. The molecular formula is C30H58O4. The lowest BCUT2D eigenvalue weighted by Crippen LogP contribution is -2.13. The monoisotopic (exact) mass is 482 g/mol. The molecule has 0 aliphatic carbocycles. The zero-order chi connectivity index (χ0) is 25.1. The van der Waals surface area contributed by atoms with Crippen LogP contribution in [0.15, 0.2) is 0 Å². The maximum Gasteiger partial charge on any atom is 0.305 e. The van der Waals surface area contributed by atoms with Crippen LogP contribution in [-0.2, 0) is 19.1 Å². The van der Waals surface area contributed by atoms with Crippen molar-refractivity contribution < 1.29 is 19.1 Å². The van der Waals surface area contributed by atoms with Crippen LogP contribution in [0.3, 0.4) is 0 Å². The van der Waals surface area contributed by atoms with Crippen molar-refractivity contribution in [1.29, 1.82) is 0 Å². The zero-order valence-electron chi connectivity index (χ0n) is 23.2. The van der Waals surface area contributed by atoms with Gasteiger partial charge < -0.3 is 9.47 Å². The Hall–Kier alpha value is -1.06. The van der Waals surface area contributed by atoms with E-state index in [9.17, 15) is 9.59 Å². The molecule has 1 unspecified atom stereocenters. The van der Waals surface area contributed by atoms with Gasteiger partial charge >= 0.3 is 11.9 Å². The van der Waals surface area contributed by atoms with Gasteiger partial charge in [0.05, 0.1) is 13.2 Å². The number of hydrogen-bond acceptors (Lipinski definition) is 4. The predicted molar refractivity (Wildman–Crippen MR) is 144 cm³/mol. The minimum Gasteiger partial charge on any atom is -0.466 e. The molecule has 0 aliphatic rings. The first kappa shape index (κ1) is 32.9. The van der Waals surface area contributed by atoms with E-state index < -0.39 is 0 Å². The molecule has 0 aromatic carbocycles. The van der Waals surface area contributed by atoms with E-state index in [4.69, 9.17) is 9.47 Å². The van der Waals surface area contributed by atoms with Crippen LogP contribution in [0.25, 0.3) is 0 Å². The van der Waals surface area contributed by atoms with E-state index in [2.05, 4.69) is 20.8 Å². The molecule has 202 valence electrons.